The van der Waals surface area contributed by atoms with E-state index in [0.717, 1.165) is 42.4 Å². The second-order valence-corrected chi connectivity index (χ2v) is 21.0. The van der Waals surface area contributed by atoms with E-state index in [1.807, 2.05) is 0 Å². The van der Waals surface area contributed by atoms with Gasteiger partial charge in [-0.3, -0.25) is 9.47 Å². The highest BCUT2D eigenvalue weighted by Crippen LogP contribution is 2.45. The molecular formula is C52H58N4O3Si. The Morgan fingerprint density at radius 2 is 1.23 bits per heavy atom. The minimum Gasteiger partial charge on any atom is -0.405 e. The molecule has 0 saturated carbocycles. The summed E-state index contributed by atoms with van der Waals surface area (Å²) in [5.74, 6) is 6.66. The number of hydrogen-bond donors (Lipinski definition) is 1. The Morgan fingerprint density at radius 1 is 0.733 bits per heavy atom. The van der Waals surface area contributed by atoms with Crippen molar-refractivity contribution in [2.24, 2.45) is 0 Å². The molecular weight excluding hydrogens is 757 g/mol. The summed E-state index contributed by atoms with van der Waals surface area (Å²) in [4.78, 5) is 20.8. The van der Waals surface area contributed by atoms with Crippen LogP contribution in [0, 0.1) is 11.8 Å². The van der Waals surface area contributed by atoms with Crippen LogP contribution in [0.4, 0.5) is 5.82 Å². The van der Waals surface area contributed by atoms with Crippen LogP contribution in [-0.2, 0) is 14.7 Å². The summed E-state index contributed by atoms with van der Waals surface area (Å²) >= 11 is 0. The Bertz CT molecular complexity index is 2260. The van der Waals surface area contributed by atoms with Gasteiger partial charge in [0.1, 0.15) is 5.82 Å². The van der Waals surface area contributed by atoms with Crippen molar-refractivity contribution >= 4 is 24.5 Å². The predicted molar refractivity (Wildman–Crippen MR) is 247 cm³/mol. The van der Waals surface area contributed by atoms with Crippen LogP contribution >= 0.6 is 0 Å². The highest BCUT2D eigenvalue weighted by molar-refractivity contribution is 6.99. The Morgan fingerprint density at radius 3 is 1.72 bits per heavy atom. The second-order valence-electron chi connectivity index (χ2n) is 16.7. The number of benzene rings is 5. The number of aromatic nitrogens is 2. The lowest BCUT2D eigenvalue weighted by molar-refractivity contribution is -0.149. The van der Waals surface area contributed by atoms with Gasteiger partial charge in [-0.05, 0) is 38.5 Å². The first-order chi connectivity index (χ1) is 29.2. The standard InChI is InChI=1S/C52H58N4O3Si/c1-5-6-7-8-9-15-26-41-37-56(50(57)54-49(41)53)48-39-55(52(42-27-16-10-17-28-42,43-29-18-11-19-30-43)44-31-20-12-21-32-44)38-45(59-48)40-58-60(51(2,3)4,46-33-22-13-23-34-46)47-35-24-14-25-36-47/h10-14,16-25,27-37,45,48H,5-9,38-40H2,1-4H3,(H2,53,54,57)/t45-,48+/m0/s1. The molecule has 308 valence electrons. The number of unbranched alkanes of at least 4 members (excludes halogenated alkanes) is 4. The van der Waals surface area contributed by atoms with Gasteiger partial charge in [-0.15, -0.1) is 0 Å². The molecule has 1 aromatic heterocycles. The van der Waals surface area contributed by atoms with Crippen molar-refractivity contribution in [1.29, 1.82) is 0 Å². The fraction of sp³-hybridized carbons (Fsp3) is 0.308. The average molecular weight is 815 g/mol. The van der Waals surface area contributed by atoms with E-state index >= 15 is 0 Å². The van der Waals surface area contributed by atoms with Crippen LogP contribution in [0.15, 0.2) is 163 Å². The monoisotopic (exact) mass is 814 g/mol. The van der Waals surface area contributed by atoms with E-state index in [1.165, 1.54) is 16.8 Å². The molecule has 1 saturated heterocycles. The molecule has 60 heavy (non-hydrogen) atoms. The van der Waals surface area contributed by atoms with Crippen LogP contribution in [0.25, 0.3) is 0 Å². The van der Waals surface area contributed by atoms with Crippen molar-refractivity contribution in [3.8, 4) is 11.8 Å². The van der Waals surface area contributed by atoms with Crippen LogP contribution in [0.5, 0.6) is 0 Å². The first-order valence-corrected chi connectivity index (χ1v) is 23.3. The Balaban J connectivity index is 1.38. The number of morpholine rings is 1. The molecule has 1 fully saturated rings. The van der Waals surface area contributed by atoms with Crippen LogP contribution in [-0.4, -0.2) is 48.6 Å². The average Bonchev–Trinajstić information content (AvgIpc) is 3.27. The molecule has 0 spiro atoms. The topological polar surface area (TPSA) is 82.6 Å². The van der Waals surface area contributed by atoms with E-state index < -0.39 is 31.9 Å². The molecule has 0 amide bonds. The number of ether oxygens (including phenoxy) is 1. The molecule has 1 aliphatic rings. The third kappa shape index (κ3) is 8.82. The number of anilines is 1. The molecule has 1 aliphatic heterocycles. The SMILES string of the molecule is CCCCCCC#Cc1cn([C@H]2CN(C(c3ccccc3)(c3ccccc3)c3ccccc3)C[C@@H](CO[Si](c3ccccc3)(c3ccccc3)C(C)(C)C)O2)c(=O)nc1N. The zero-order valence-corrected chi connectivity index (χ0v) is 36.5. The van der Waals surface area contributed by atoms with Crippen LogP contribution < -0.4 is 21.8 Å². The van der Waals surface area contributed by atoms with Gasteiger partial charge in [0.2, 0.25) is 0 Å². The molecule has 6 aromatic rings. The van der Waals surface area contributed by atoms with Gasteiger partial charge in [-0.2, -0.15) is 4.98 Å². The second kappa shape index (κ2) is 19.2. The summed E-state index contributed by atoms with van der Waals surface area (Å²) in [5.41, 5.74) is 8.97. The summed E-state index contributed by atoms with van der Waals surface area (Å²) in [6.07, 6.45) is 5.79. The molecule has 7 nitrogen and oxygen atoms in total. The van der Waals surface area contributed by atoms with E-state index in [2.05, 4.69) is 201 Å². The number of nitrogen functional groups attached to an aromatic ring is 1. The van der Waals surface area contributed by atoms with Crippen molar-refractivity contribution in [2.75, 3.05) is 25.4 Å². The molecule has 7 rings (SSSR count). The zero-order chi connectivity index (χ0) is 42.0. The van der Waals surface area contributed by atoms with Crippen LogP contribution in [0.1, 0.15) is 88.3 Å². The molecule has 0 bridgehead atoms. The first kappa shape index (κ1) is 42.6. The van der Waals surface area contributed by atoms with Gasteiger partial charge in [-0.1, -0.05) is 210 Å². The normalized spacial score (nSPS) is 16.2. The molecule has 2 heterocycles. The Kier molecular flexibility index (Phi) is 13.6. The van der Waals surface area contributed by atoms with E-state index in [1.54, 1.807) is 10.8 Å². The van der Waals surface area contributed by atoms with Crippen molar-refractivity contribution in [3.63, 3.8) is 0 Å². The van der Waals surface area contributed by atoms with Gasteiger partial charge in [0.15, 0.2) is 6.23 Å². The van der Waals surface area contributed by atoms with Crippen molar-refractivity contribution in [2.45, 2.75) is 82.7 Å². The van der Waals surface area contributed by atoms with Gasteiger partial charge < -0.3 is 14.9 Å². The van der Waals surface area contributed by atoms with Gasteiger partial charge in [0.05, 0.1) is 23.8 Å². The van der Waals surface area contributed by atoms with Crippen molar-refractivity contribution < 1.29 is 9.16 Å². The summed E-state index contributed by atoms with van der Waals surface area (Å²) in [7, 11) is -2.96. The maximum Gasteiger partial charge on any atom is 0.351 e. The largest absolute Gasteiger partial charge is 0.405 e. The number of nitrogens with two attached hydrogens (primary N) is 1. The summed E-state index contributed by atoms with van der Waals surface area (Å²) in [6.45, 7) is 10.2. The fourth-order valence-electron chi connectivity index (χ4n) is 8.98. The third-order valence-electron chi connectivity index (χ3n) is 11.8. The molecule has 5 aromatic carbocycles. The lowest BCUT2D eigenvalue weighted by Gasteiger charge is -2.51. The smallest absolute Gasteiger partial charge is 0.351 e. The molecule has 0 radical (unpaired) electrons. The zero-order valence-electron chi connectivity index (χ0n) is 35.5. The van der Waals surface area contributed by atoms with Crippen molar-refractivity contribution in [3.05, 3.63) is 191 Å². The highest BCUT2D eigenvalue weighted by atomic mass is 28.4. The van der Waals surface area contributed by atoms with Crippen LogP contribution in [0.3, 0.4) is 0 Å². The Hall–Kier alpha value is -5.56. The third-order valence-corrected chi connectivity index (χ3v) is 16.8. The highest BCUT2D eigenvalue weighted by Gasteiger charge is 2.52. The quantitative estimate of drug-likeness (QED) is 0.0512. The number of hydrogen-bond acceptors (Lipinski definition) is 6. The van der Waals surface area contributed by atoms with Gasteiger partial charge >= 0.3 is 5.69 Å². The summed E-state index contributed by atoms with van der Waals surface area (Å²) in [5, 5.41) is 2.14. The van der Waals surface area contributed by atoms with Crippen molar-refractivity contribution in [1.82, 2.24) is 14.5 Å². The van der Waals surface area contributed by atoms with Gasteiger partial charge in [0.25, 0.3) is 8.32 Å². The molecule has 8 heteroatoms. The lowest BCUT2D eigenvalue weighted by Crippen LogP contribution is -2.67. The maximum atomic E-state index is 14.0. The minimum absolute atomic E-state index is 0.128. The van der Waals surface area contributed by atoms with Gasteiger partial charge in [0, 0.05) is 25.7 Å². The van der Waals surface area contributed by atoms with E-state index in [9.17, 15) is 4.79 Å². The first-order valence-electron chi connectivity index (χ1n) is 21.4. The summed E-state index contributed by atoms with van der Waals surface area (Å²) < 4.78 is 16.3. The lowest BCUT2D eigenvalue weighted by atomic mass is 9.75. The van der Waals surface area contributed by atoms with Crippen LogP contribution in [0.2, 0.25) is 5.04 Å². The van der Waals surface area contributed by atoms with E-state index in [4.69, 9.17) is 14.9 Å². The molecule has 0 unspecified atom stereocenters. The van der Waals surface area contributed by atoms with E-state index in [0.29, 0.717) is 18.7 Å². The minimum atomic E-state index is -2.96. The predicted octanol–water partition coefficient (Wildman–Crippen LogP) is 8.92. The fourth-order valence-corrected chi connectivity index (χ4v) is 13.6. The number of rotatable bonds is 14. The maximum absolute atomic E-state index is 14.0. The van der Waals surface area contributed by atoms with Gasteiger partial charge in [-0.25, -0.2) is 4.79 Å². The number of nitrogens with zero attached hydrogens (tertiary/aromatic N) is 3. The molecule has 2 atom stereocenters. The Labute approximate surface area is 357 Å². The molecule has 2 N–H and O–H groups in total. The molecule has 0 aliphatic carbocycles. The summed E-state index contributed by atoms with van der Waals surface area (Å²) in [6, 6.07) is 53.3. The van der Waals surface area contributed by atoms with E-state index in [-0.39, 0.29) is 17.5 Å².